The van der Waals surface area contributed by atoms with Gasteiger partial charge in [-0.05, 0) is 31.5 Å². The highest BCUT2D eigenvalue weighted by Gasteiger charge is 2.27. The fourth-order valence-corrected chi connectivity index (χ4v) is 2.23. The summed E-state index contributed by atoms with van der Waals surface area (Å²) in [6.07, 6.45) is 2.54. The first kappa shape index (κ1) is 12.1. The van der Waals surface area contributed by atoms with E-state index in [4.69, 9.17) is 0 Å². The van der Waals surface area contributed by atoms with Crippen molar-refractivity contribution in [3.05, 3.63) is 35.4 Å². The van der Waals surface area contributed by atoms with Crippen LogP contribution in [0.3, 0.4) is 0 Å². The zero-order chi connectivity index (χ0) is 13.4. The summed E-state index contributed by atoms with van der Waals surface area (Å²) in [5.41, 5.74) is 0.311. The van der Waals surface area contributed by atoms with Crippen molar-refractivity contribution in [3.63, 3.8) is 0 Å². The van der Waals surface area contributed by atoms with Gasteiger partial charge < -0.3 is 0 Å². The van der Waals surface area contributed by atoms with E-state index in [-0.39, 0.29) is 12.6 Å². The van der Waals surface area contributed by atoms with Crippen LogP contribution in [0.1, 0.15) is 18.9 Å². The predicted molar refractivity (Wildman–Crippen MR) is 68.6 cm³/mol. The van der Waals surface area contributed by atoms with Crippen LogP contribution in [-0.4, -0.2) is 34.9 Å². The maximum Gasteiger partial charge on any atom is 0.241 e. The molecule has 0 amide bonds. The molecule has 1 unspecified atom stereocenters. The first-order chi connectivity index (χ1) is 9.13. The lowest BCUT2D eigenvalue weighted by atomic mass is 10.2. The van der Waals surface area contributed by atoms with E-state index in [2.05, 4.69) is 9.98 Å². The topological polar surface area (TPSA) is 31.2 Å². The van der Waals surface area contributed by atoms with Gasteiger partial charge in [0.2, 0.25) is 5.96 Å². The summed E-state index contributed by atoms with van der Waals surface area (Å²) < 4.78 is 26.8. The number of guanidine groups is 1. The Morgan fingerprint density at radius 3 is 3.05 bits per heavy atom. The molecule has 0 spiro atoms. The van der Waals surface area contributed by atoms with E-state index in [0.717, 1.165) is 25.1 Å². The zero-order valence-corrected chi connectivity index (χ0v) is 10.6. The van der Waals surface area contributed by atoms with Crippen molar-refractivity contribution in [1.29, 1.82) is 0 Å². The molecule has 100 valence electrons. The molecule has 2 aliphatic heterocycles. The van der Waals surface area contributed by atoms with Crippen LogP contribution in [0.4, 0.5) is 8.78 Å². The van der Waals surface area contributed by atoms with E-state index in [1.807, 2.05) is 11.9 Å². The highest BCUT2D eigenvalue weighted by Crippen LogP contribution is 2.20. The second-order valence-electron chi connectivity index (χ2n) is 4.77. The molecule has 0 radical (unpaired) electrons. The molecule has 1 aromatic carbocycles. The molecule has 19 heavy (non-hydrogen) atoms. The van der Waals surface area contributed by atoms with Crippen LogP contribution < -0.4 is 0 Å². The first-order valence-corrected chi connectivity index (χ1v) is 6.23. The molecule has 6 heteroatoms. The number of hydrogen-bond donors (Lipinski definition) is 0. The predicted octanol–water partition coefficient (Wildman–Crippen LogP) is 2.17. The molecule has 0 N–H and O–H groups in total. The number of nitrogens with zero attached hydrogens (tertiary/aromatic N) is 4. The SMILES string of the molecule is CC1CCN2C(=N1)N=CN2Cc1cc(F)ccc1F. The van der Waals surface area contributed by atoms with Gasteiger partial charge in [0.25, 0.3) is 0 Å². The Hall–Kier alpha value is -1.98. The summed E-state index contributed by atoms with van der Waals surface area (Å²) in [7, 11) is 0. The van der Waals surface area contributed by atoms with Crippen molar-refractivity contribution in [2.45, 2.75) is 25.9 Å². The van der Waals surface area contributed by atoms with E-state index in [1.54, 1.807) is 11.3 Å². The number of hydrazine groups is 1. The molecule has 1 atom stereocenters. The summed E-state index contributed by atoms with van der Waals surface area (Å²) in [6.45, 7) is 3.08. The molecule has 2 aliphatic rings. The summed E-state index contributed by atoms with van der Waals surface area (Å²) >= 11 is 0. The number of aliphatic imine (C=N–C) groups is 2. The largest absolute Gasteiger partial charge is 0.267 e. The molecule has 0 fully saturated rings. The molecule has 0 aliphatic carbocycles. The summed E-state index contributed by atoms with van der Waals surface area (Å²) in [4.78, 5) is 8.61. The van der Waals surface area contributed by atoms with E-state index in [0.29, 0.717) is 11.5 Å². The second-order valence-corrected chi connectivity index (χ2v) is 4.77. The van der Waals surface area contributed by atoms with Crippen LogP contribution >= 0.6 is 0 Å². The third-order valence-corrected chi connectivity index (χ3v) is 3.28. The van der Waals surface area contributed by atoms with Gasteiger partial charge in [0.05, 0.1) is 12.6 Å². The van der Waals surface area contributed by atoms with Crippen molar-refractivity contribution >= 4 is 12.3 Å². The Balaban J connectivity index is 1.80. The minimum Gasteiger partial charge on any atom is -0.267 e. The highest BCUT2D eigenvalue weighted by molar-refractivity contribution is 5.92. The zero-order valence-electron chi connectivity index (χ0n) is 10.6. The van der Waals surface area contributed by atoms with Gasteiger partial charge in [0.1, 0.15) is 18.0 Å². The lowest BCUT2D eigenvalue weighted by molar-refractivity contribution is 0.126. The van der Waals surface area contributed by atoms with Gasteiger partial charge in [0, 0.05) is 12.1 Å². The van der Waals surface area contributed by atoms with Crippen molar-refractivity contribution < 1.29 is 8.78 Å². The Bertz CT molecular complexity index is 556. The van der Waals surface area contributed by atoms with E-state index >= 15 is 0 Å². The van der Waals surface area contributed by atoms with Crippen LogP contribution in [0, 0.1) is 11.6 Å². The van der Waals surface area contributed by atoms with Crippen LogP contribution in [0.25, 0.3) is 0 Å². The quantitative estimate of drug-likeness (QED) is 0.819. The van der Waals surface area contributed by atoms with E-state index in [1.165, 1.54) is 6.07 Å². The average Bonchev–Trinajstić information content (AvgIpc) is 2.76. The van der Waals surface area contributed by atoms with Crippen molar-refractivity contribution in [3.8, 4) is 0 Å². The molecular formula is C13H14F2N4. The normalized spacial score (nSPS) is 21.6. The van der Waals surface area contributed by atoms with Crippen LogP contribution in [0.2, 0.25) is 0 Å². The molecule has 0 aromatic heterocycles. The Kier molecular flexibility index (Phi) is 2.93. The molecule has 3 rings (SSSR count). The molecule has 0 saturated heterocycles. The minimum atomic E-state index is -0.436. The third kappa shape index (κ3) is 2.30. The van der Waals surface area contributed by atoms with Gasteiger partial charge in [-0.1, -0.05) is 0 Å². The van der Waals surface area contributed by atoms with Gasteiger partial charge >= 0.3 is 0 Å². The summed E-state index contributed by atoms with van der Waals surface area (Å²) in [5.74, 6) is -0.199. The lowest BCUT2D eigenvalue weighted by Gasteiger charge is -2.32. The fourth-order valence-electron chi connectivity index (χ4n) is 2.23. The molecule has 0 bridgehead atoms. The molecule has 1 aromatic rings. The molecule has 0 saturated carbocycles. The highest BCUT2D eigenvalue weighted by atomic mass is 19.1. The number of rotatable bonds is 2. The molecule has 2 heterocycles. The Morgan fingerprint density at radius 1 is 1.37 bits per heavy atom. The molecular weight excluding hydrogens is 250 g/mol. The fraction of sp³-hybridized carbons (Fsp3) is 0.385. The molecule has 4 nitrogen and oxygen atoms in total. The van der Waals surface area contributed by atoms with Crippen molar-refractivity contribution in [2.24, 2.45) is 9.98 Å². The number of fused-ring (bicyclic) bond motifs is 1. The monoisotopic (exact) mass is 264 g/mol. The number of benzene rings is 1. The average molecular weight is 264 g/mol. The van der Waals surface area contributed by atoms with Gasteiger partial charge in [-0.2, -0.15) is 0 Å². The Labute approximate surface area is 110 Å². The number of hydrogen-bond acceptors (Lipinski definition) is 4. The van der Waals surface area contributed by atoms with Gasteiger partial charge in [-0.25, -0.2) is 18.8 Å². The maximum atomic E-state index is 13.6. The maximum absolute atomic E-state index is 13.6. The third-order valence-electron chi connectivity index (χ3n) is 3.28. The second kappa shape index (κ2) is 4.60. The smallest absolute Gasteiger partial charge is 0.241 e. The Morgan fingerprint density at radius 2 is 2.21 bits per heavy atom. The van der Waals surface area contributed by atoms with Crippen LogP contribution in [-0.2, 0) is 6.54 Å². The van der Waals surface area contributed by atoms with Gasteiger partial charge in [-0.3, -0.25) is 10.0 Å². The van der Waals surface area contributed by atoms with E-state index in [9.17, 15) is 8.78 Å². The summed E-state index contributed by atoms with van der Waals surface area (Å²) in [6, 6.07) is 3.73. The summed E-state index contributed by atoms with van der Waals surface area (Å²) in [5, 5.41) is 3.66. The van der Waals surface area contributed by atoms with Crippen molar-refractivity contribution in [2.75, 3.05) is 6.54 Å². The van der Waals surface area contributed by atoms with Crippen LogP contribution in [0.15, 0.2) is 28.2 Å². The van der Waals surface area contributed by atoms with Gasteiger partial charge in [-0.15, -0.1) is 0 Å². The van der Waals surface area contributed by atoms with Gasteiger partial charge in [0.15, 0.2) is 0 Å². The minimum absolute atomic E-state index is 0.250. The first-order valence-electron chi connectivity index (χ1n) is 6.23. The standard InChI is InChI=1S/C13H14F2N4/c1-9-4-5-19-13(17-9)16-8-18(19)7-10-6-11(14)2-3-12(10)15/h2-3,6,8-9H,4-5,7H2,1H3. The van der Waals surface area contributed by atoms with E-state index < -0.39 is 11.6 Å². The lowest BCUT2D eigenvalue weighted by Crippen LogP contribution is -2.43. The van der Waals surface area contributed by atoms with Crippen LogP contribution in [0.5, 0.6) is 0 Å². The van der Waals surface area contributed by atoms with Crippen molar-refractivity contribution in [1.82, 2.24) is 10.0 Å². The number of halogens is 2.